The van der Waals surface area contributed by atoms with Gasteiger partial charge in [0.1, 0.15) is 5.41 Å². The van der Waals surface area contributed by atoms with Gasteiger partial charge in [0, 0.05) is 14.1 Å². The van der Waals surface area contributed by atoms with Gasteiger partial charge in [0.05, 0.1) is 24.3 Å². The summed E-state index contributed by atoms with van der Waals surface area (Å²) in [7, 11) is 5.74. The van der Waals surface area contributed by atoms with Gasteiger partial charge in [0.25, 0.3) is 0 Å². The van der Waals surface area contributed by atoms with Crippen LogP contribution in [0.15, 0.2) is 43.0 Å². The van der Waals surface area contributed by atoms with E-state index in [9.17, 15) is 14.4 Å². The van der Waals surface area contributed by atoms with Gasteiger partial charge in [-0.3, -0.25) is 19.4 Å². The Hall–Kier alpha value is -3.03. The average molecular weight is 491 g/mol. The van der Waals surface area contributed by atoms with E-state index in [0.717, 1.165) is 9.80 Å². The molecule has 3 rings (SSSR count). The summed E-state index contributed by atoms with van der Waals surface area (Å²) in [6.45, 7) is 4.10. The van der Waals surface area contributed by atoms with Crippen LogP contribution in [0.1, 0.15) is 17.5 Å². The van der Waals surface area contributed by atoms with E-state index in [1.807, 2.05) is 0 Å². The number of benzene rings is 2. The molecule has 2 aromatic carbocycles. The van der Waals surface area contributed by atoms with Gasteiger partial charge in [-0.2, -0.15) is 0 Å². The van der Waals surface area contributed by atoms with E-state index in [4.69, 9.17) is 32.7 Å². The Labute approximate surface area is 202 Å². The summed E-state index contributed by atoms with van der Waals surface area (Å²) in [5.41, 5.74) is 0.207. The number of barbiturate groups is 1. The van der Waals surface area contributed by atoms with Crippen LogP contribution in [0.3, 0.4) is 0 Å². The minimum Gasteiger partial charge on any atom is -0.493 e. The summed E-state index contributed by atoms with van der Waals surface area (Å²) in [5.74, 6) is -0.235. The fourth-order valence-corrected chi connectivity index (χ4v) is 4.32. The van der Waals surface area contributed by atoms with Crippen LogP contribution in [0.2, 0.25) is 10.0 Å². The average Bonchev–Trinajstić information content (AvgIpc) is 2.81. The zero-order chi connectivity index (χ0) is 24.5. The quantitative estimate of drug-likeness (QED) is 0.526. The van der Waals surface area contributed by atoms with Gasteiger partial charge < -0.3 is 9.47 Å². The maximum absolute atomic E-state index is 13.5. The maximum Gasteiger partial charge on any atom is 0.332 e. The number of halogens is 2. The zero-order valence-corrected chi connectivity index (χ0v) is 20.3. The Bertz CT molecular complexity index is 1120. The highest BCUT2D eigenvalue weighted by atomic mass is 35.5. The van der Waals surface area contributed by atoms with Crippen molar-refractivity contribution >= 4 is 46.6 Å². The molecule has 1 aliphatic rings. The molecule has 174 valence electrons. The van der Waals surface area contributed by atoms with Crippen molar-refractivity contribution in [2.75, 3.05) is 28.3 Å². The number of rotatable bonds is 7. The number of nitrogens with zero attached hydrogens (tertiary/aromatic N) is 2. The predicted molar refractivity (Wildman–Crippen MR) is 127 cm³/mol. The fraction of sp³-hybridized carbons (Fsp3) is 0.292. The van der Waals surface area contributed by atoms with Crippen LogP contribution in [0.4, 0.5) is 4.79 Å². The van der Waals surface area contributed by atoms with Crippen molar-refractivity contribution in [1.29, 1.82) is 0 Å². The number of allylic oxidation sites excluding steroid dienone is 1. The number of hydrogen-bond donors (Lipinski definition) is 0. The number of carbonyl (C=O) groups excluding carboxylic acids is 3. The van der Waals surface area contributed by atoms with Crippen molar-refractivity contribution in [1.82, 2.24) is 9.80 Å². The lowest BCUT2D eigenvalue weighted by atomic mass is 9.72. The van der Waals surface area contributed by atoms with Crippen molar-refractivity contribution in [2.24, 2.45) is 5.41 Å². The molecular weight excluding hydrogens is 467 g/mol. The molecule has 33 heavy (non-hydrogen) atoms. The largest absolute Gasteiger partial charge is 0.493 e. The van der Waals surface area contributed by atoms with Crippen LogP contribution in [-0.4, -0.2) is 56.0 Å². The summed E-state index contributed by atoms with van der Waals surface area (Å²) in [5, 5.41) is 0.707. The summed E-state index contributed by atoms with van der Waals surface area (Å²) >= 11 is 12.2. The lowest BCUT2D eigenvalue weighted by Gasteiger charge is -2.42. The van der Waals surface area contributed by atoms with Gasteiger partial charge >= 0.3 is 6.03 Å². The minimum atomic E-state index is -1.60. The Kier molecular flexibility index (Phi) is 7.05. The molecule has 0 spiro atoms. The van der Waals surface area contributed by atoms with Crippen molar-refractivity contribution in [3.63, 3.8) is 0 Å². The number of ether oxygens (including phenoxy) is 2. The van der Waals surface area contributed by atoms with E-state index in [-0.39, 0.29) is 12.8 Å². The highest BCUT2D eigenvalue weighted by Crippen LogP contribution is 2.42. The molecule has 0 radical (unpaired) electrons. The first-order valence-electron chi connectivity index (χ1n) is 10.00. The van der Waals surface area contributed by atoms with Crippen LogP contribution in [0.5, 0.6) is 11.5 Å². The lowest BCUT2D eigenvalue weighted by Crippen LogP contribution is -2.63. The molecule has 0 atom stereocenters. The second-order valence-corrected chi connectivity index (χ2v) is 8.68. The molecule has 0 unspecified atom stereocenters. The number of amides is 4. The second kappa shape index (κ2) is 9.45. The molecule has 7 nitrogen and oxygen atoms in total. The molecule has 0 aromatic heterocycles. The molecule has 9 heteroatoms. The Balaban J connectivity index is 2.09. The molecule has 1 fully saturated rings. The third kappa shape index (κ3) is 4.43. The van der Waals surface area contributed by atoms with Gasteiger partial charge in [-0.15, -0.1) is 0 Å². The van der Waals surface area contributed by atoms with Crippen LogP contribution in [-0.2, 0) is 16.0 Å². The highest BCUT2D eigenvalue weighted by Gasteiger charge is 2.55. The Morgan fingerprint density at radius 1 is 0.909 bits per heavy atom. The molecule has 0 bridgehead atoms. The Morgan fingerprint density at radius 2 is 1.52 bits per heavy atom. The molecular formula is C24H24Cl2N2O5. The van der Waals surface area contributed by atoms with Gasteiger partial charge in [-0.25, -0.2) is 4.79 Å². The smallest absolute Gasteiger partial charge is 0.332 e. The number of imide groups is 2. The summed E-state index contributed by atoms with van der Waals surface area (Å²) < 4.78 is 10.7. The van der Waals surface area contributed by atoms with Crippen LogP contribution in [0.25, 0.3) is 5.57 Å². The molecule has 1 heterocycles. The van der Waals surface area contributed by atoms with Crippen LogP contribution in [0, 0.1) is 5.41 Å². The van der Waals surface area contributed by atoms with Gasteiger partial charge in [-0.1, -0.05) is 41.9 Å². The van der Waals surface area contributed by atoms with E-state index in [1.165, 1.54) is 28.3 Å². The minimum absolute atomic E-state index is 0.0212. The second-order valence-electron chi connectivity index (χ2n) is 7.87. The van der Waals surface area contributed by atoms with Crippen molar-refractivity contribution in [3.8, 4) is 11.5 Å². The molecule has 0 saturated carbocycles. The number of carbonyl (C=O) groups is 3. The zero-order valence-electron chi connectivity index (χ0n) is 18.8. The number of urea groups is 1. The lowest BCUT2D eigenvalue weighted by molar-refractivity contribution is -0.156. The molecule has 0 aliphatic carbocycles. The standard InChI is InChI=1S/C24H24Cl2N2O5/c1-14(16-7-8-17(25)18(26)11-16)12-24(21(29)27(2)23(31)28(3)22(24)30)13-15-6-9-19(32-4)20(10-15)33-5/h6-11H,1,12-13H2,2-5H3. The topological polar surface area (TPSA) is 76.2 Å². The third-order valence-electron chi connectivity index (χ3n) is 5.80. The molecule has 1 aliphatic heterocycles. The number of methoxy groups -OCH3 is 2. The van der Waals surface area contributed by atoms with Gasteiger partial charge in [0.2, 0.25) is 11.8 Å². The Morgan fingerprint density at radius 3 is 2.06 bits per heavy atom. The highest BCUT2D eigenvalue weighted by molar-refractivity contribution is 6.42. The van der Waals surface area contributed by atoms with E-state index in [0.29, 0.717) is 38.2 Å². The molecule has 4 amide bonds. The van der Waals surface area contributed by atoms with Crippen molar-refractivity contribution in [3.05, 3.63) is 64.1 Å². The molecule has 1 saturated heterocycles. The first-order chi connectivity index (χ1) is 15.5. The normalized spacial score (nSPS) is 15.6. The predicted octanol–water partition coefficient (Wildman–Crippen LogP) is 4.69. The first-order valence-corrected chi connectivity index (χ1v) is 10.8. The molecule has 0 N–H and O–H groups in total. The molecule has 2 aromatic rings. The van der Waals surface area contributed by atoms with E-state index in [1.54, 1.807) is 36.4 Å². The van der Waals surface area contributed by atoms with Gasteiger partial charge in [-0.05, 0) is 53.8 Å². The first kappa shape index (κ1) is 24.6. The third-order valence-corrected chi connectivity index (χ3v) is 6.54. The monoisotopic (exact) mass is 490 g/mol. The van der Waals surface area contributed by atoms with Crippen LogP contribution < -0.4 is 9.47 Å². The maximum atomic E-state index is 13.5. The summed E-state index contributed by atoms with van der Waals surface area (Å²) in [6, 6.07) is 9.45. The SMILES string of the molecule is C=C(CC1(Cc2ccc(OC)c(OC)c2)C(=O)N(C)C(=O)N(C)C1=O)c1ccc(Cl)c(Cl)c1. The van der Waals surface area contributed by atoms with E-state index in [2.05, 4.69) is 6.58 Å². The summed E-state index contributed by atoms with van der Waals surface area (Å²) in [6.07, 6.45) is -0.00768. The summed E-state index contributed by atoms with van der Waals surface area (Å²) in [4.78, 5) is 41.3. The van der Waals surface area contributed by atoms with Gasteiger partial charge in [0.15, 0.2) is 11.5 Å². The van der Waals surface area contributed by atoms with E-state index < -0.39 is 23.3 Å². The van der Waals surface area contributed by atoms with Crippen molar-refractivity contribution in [2.45, 2.75) is 12.8 Å². The number of hydrogen-bond acceptors (Lipinski definition) is 5. The van der Waals surface area contributed by atoms with Crippen LogP contribution >= 0.6 is 23.2 Å². The fourth-order valence-electron chi connectivity index (χ4n) is 4.02. The van der Waals surface area contributed by atoms with Crippen molar-refractivity contribution < 1.29 is 23.9 Å². The van der Waals surface area contributed by atoms with E-state index >= 15 is 0 Å².